The number of carbonyl (C=O) groups is 2. The van der Waals surface area contributed by atoms with Gasteiger partial charge in [-0.25, -0.2) is 4.79 Å². The van der Waals surface area contributed by atoms with Crippen LogP contribution >= 0.6 is 0 Å². The fourth-order valence-corrected chi connectivity index (χ4v) is 1.92. The molecule has 0 fully saturated rings. The third-order valence-corrected chi connectivity index (χ3v) is 3.03. The van der Waals surface area contributed by atoms with Crippen LogP contribution in [0.4, 0.5) is 4.79 Å². The van der Waals surface area contributed by atoms with Gasteiger partial charge in [0.1, 0.15) is 5.60 Å². The van der Waals surface area contributed by atoms with Crippen LogP contribution in [0.5, 0.6) is 0 Å². The molecule has 0 radical (unpaired) electrons. The molecule has 0 aliphatic rings. The lowest BCUT2D eigenvalue weighted by molar-refractivity contribution is -0.145. The van der Waals surface area contributed by atoms with Crippen LogP contribution in [0.1, 0.15) is 60.3 Å². The highest BCUT2D eigenvalue weighted by molar-refractivity contribution is 5.74. The summed E-state index contributed by atoms with van der Waals surface area (Å²) in [4.78, 5) is 25.4. The molecule has 124 valence electrons. The zero-order valence-electron chi connectivity index (χ0n) is 14.4. The van der Waals surface area contributed by atoms with Crippen molar-refractivity contribution in [3.05, 3.63) is 0 Å². The number of rotatable bonds is 8. The van der Waals surface area contributed by atoms with Gasteiger partial charge in [0.2, 0.25) is 0 Å². The predicted molar refractivity (Wildman–Crippen MR) is 83.1 cm³/mol. The molecule has 1 atom stereocenters. The van der Waals surface area contributed by atoms with Crippen molar-refractivity contribution < 1.29 is 19.1 Å². The van der Waals surface area contributed by atoms with Crippen molar-refractivity contribution in [1.82, 2.24) is 4.90 Å². The Balaban J connectivity index is 4.60. The Bertz CT molecular complexity index is 323. The predicted octanol–water partition coefficient (Wildman–Crippen LogP) is 3.61. The van der Waals surface area contributed by atoms with Gasteiger partial charge in [-0.05, 0) is 27.2 Å². The maximum absolute atomic E-state index is 12.2. The molecule has 0 aromatic heterocycles. The van der Waals surface area contributed by atoms with Crippen LogP contribution < -0.4 is 0 Å². The molecule has 0 saturated carbocycles. The summed E-state index contributed by atoms with van der Waals surface area (Å²) in [6.07, 6.45) is 3.91. The standard InChI is InChI=1S/C16H31NO4/c1-7-8-9-10-11-17(12-13(2)14(18)20-6)15(19)21-16(3,4)5/h13H,7-12H2,1-6H3. The van der Waals surface area contributed by atoms with E-state index in [9.17, 15) is 9.59 Å². The van der Waals surface area contributed by atoms with Crippen LogP contribution in [-0.4, -0.2) is 42.8 Å². The van der Waals surface area contributed by atoms with E-state index in [1.54, 1.807) is 11.8 Å². The zero-order chi connectivity index (χ0) is 16.5. The molecule has 0 aliphatic carbocycles. The zero-order valence-corrected chi connectivity index (χ0v) is 14.4. The molecule has 21 heavy (non-hydrogen) atoms. The quantitative estimate of drug-likeness (QED) is 0.507. The first-order valence-electron chi connectivity index (χ1n) is 7.77. The number of nitrogens with zero attached hydrogens (tertiary/aromatic N) is 1. The number of amides is 1. The SMILES string of the molecule is CCCCCCN(CC(C)C(=O)OC)C(=O)OC(C)(C)C. The molecule has 0 saturated heterocycles. The van der Waals surface area contributed by atoms with Gasteiger partial charge in [0.25, 0.3) is 0 Å². The summed E-state index contributed by atoms with van der Waals surface area (Å²) in [7, 11) is 1.36. The van der Waals surface area contributed by atoms with Crippen molar-refractivity contribution in [2.24, 2.45) is 5.92 Å². The smallest absolute Gasteiger partial charge is 0.410 e. The minimum atomic E-state index is -0.534. The molecule has 0 rings (SSSR count). The summed E-state index contributed by atoms with van der Waals surface area (Å²) >= 11 is 0. The highest BCUT2D eigenvalue weighted by Gasteiger charge is 2.25. The number of hydrogen-bond acceptors (Lipinski definition) is 4. The van der Waals surface area contributed by atoms with Gasteiger partial charge in [-0.1, -0.05) is 33.1 Å². The first kappa shape index (κ1) is 19.7. The van der Waals surface area contributed by atoms with E-state index in [0.29, 0.717) is 13.1 Å². The summed E-state index contributed by atoms with van der Waals surface area (Å²) in [6, 6.07) is 0. The number of hydrogen-bond donors (Lipinski definition) is 0. The summed E-state index contributed by atoms with van der Waals surface area (Å²) in [6.45, 7) is 10.3. The molecule has 1 amide bonds. The van der Waals surface area contributed by atoms with Crippen molar-refractivity contribution in [2.75, 3.05) is 20.2 Å². The Morgan fingerprint density at radius 3 is 2.24 bits per heavy atom. The normalized spacial score (nSPS) is 12.7. The van der Waals surface area contributed by atoms with E-state index >= 15 is 0 Å². The van der Waals surface area contributed by atoms with Crippen molar-refractivity contribution in [3.63, 3.8) is 0 Å². The first-order chi connectivity index (χ1) is 9.71. The summed E-state index contributed by atoms with van der Waals surface area (Å²) in [5.74, 6) is -0.661. The molecule has 0 heterocycles. The molecule has 0 aliphatic heterocycles. The van der Waals surface area contributed by atoms with Gasteiger partial charge in [-0.15, -0.1) is 0 Å². The maximum atomic E-state index is 12.2. The topological polar surface area (TPSA) is 55.8 Å². The van der Waals surface area contributed by atoms with E-state index in [2.05, 4.69) is 6.92 Å². The number of unbranched alkanes of at least 4 members (excludes halogenated alkanes) is 3. The van der Waals surface area contributed by atoms with Crippen molar-refractivity contribution in [3.8, 4) is 0 Å². The Kier molecular flexibility index (Phi) is 9.06. The van der Waals surface area contributed by atoms with Crippen molar-refractivity contribution in [2.45, 2.75) is 65.9 Å². The van der Waals surface area contributed by atoms with Gasteiger partial charge in [0.05, 0.1) is 13.0 Å². The van der Waals surface area contributed by atoms with Crippen molar-refractivity contribution >= 4 is 12.1 Å². The van der Waals surface area contributed by atoms with Crippen LogP contribution in [0.25, 0.3) is 0 Å². The third-order valence-electron chi connectivity index (χ3n) is 3.03. The third kappa shape index (κ3) is 9.32. The van der Waals surface area contributed by atoms with Gasteiger partial charge in [-0.3, -0.25) is 4.79 Å². The van der Waals surface area contributed by atoms with Gasteiger partial charge >= 0.3 is 12.1 Å². The van der Waals surface area contributed by atoms with E-state index < -0.39 is 5.60 Å². The van der Waals surface area contributed by atoms with E-state index in [0.717, 1.165) is 25.7 Å². The Labute approximate surface area is 129 Å². The van der Waals surface area contributed by atoms with Crippen LogP contribution in [-0.2, 0) is 14.3 Å². The molecular formula is C16H31NO4. The van der Waals surface area contributed by atoms with Gasteiger partial charge in [0.15, 0.2) is 0 Å². The summed E-state index contributed by atoms with van der Waals surface area (Å²) < 4.78 is 10.1. The largest absolute Gasteiger partial charge is 0.469 e. The lowest BCUT2D eigenvalue weighted by Crippen LogP contribution is -2.41. The fraction of sp³-hybridized carbons (Fsp3) is 0.875. The number of methoxy groups -OCH3 is 1. The van der Waals surface area contributed by atoms with Gasteiger partial charge in [0, 0.05) is 13.1 Å². The minimum Gasteiger partial charge on any atom is -0.469 e. The molecule has 0 aromatic carbocycles. The Morgan fingerprint density at radius 1 is 1.14 bits per heavy atom. The van der Waals surface area contributed by atoms with Crippen LogP contribution in [0.15, 0.2) is 0 Å². The lowest BCUT2D eigenvalue weighted by Gasteiger charge is -2.28. The molecule has 1 unspecified atom stereocenters. The highest BCUT2D eigenvalue weighted by atomic mass is 16.6. The Hall–Kier alpha value is -1.26. The Morgan fingerprint density at radius 2 is 1.76 bits per heavy atom. The summed E-state index contributed by atoms with van der Waals surface area (Å²) in [5.41, 5.74) is -0.534. The number of esters is 1. The van der Waals surface area contributed by atoms with Crippen LogP contribution in [0.3, 0.4) is 0 Å². The van der Waals surface area contributed by atoms with Gasteiger partial charge in [-0.2, -0.15) is 0 Å². The van der Waals surface area contributed by atoms with E-state index in [1.165, 1.54) is 7.11 Å². The van der Waals surface area contributed by atoms with Crippen molar-refractivity contribution in [1.29, 1.82) is 0 Å². The molecule has 0 bridgehead atoms. The molecule has 0 spiro atoms. The molecule has 0 N–H and O–H groups in total. The minimum absolute atomic E-state index is 0.308. The number of carbonyl (C=O) groups excluding carboxylic acids is 2. The monoisotopic (exact) mass is 301 g/mol. The maximum Gasteiger partial charge on any atom is 0.410 e. The van der Waals surface area contributed by atoms with Gasteiger partial charge < -0.3 is 14.4 Å². The van der Waals surface area contributed by atoms with E-state index in [4.69, 9.17) is 9.47 Å². The number of ether oxygens (including phenoxy) is 2. The second-order valence-electron chi connectivity index (χ2n) is 6.41. The first-order valence-corrected chi connectivity index (χ1v) is 7.77. The second-order valence-corrected chi connectivity index (χ2v) is 6.41. The fourth-order valence-electron chi connectivity index (χ4n) is 1.92. The highest BCUT2D eigenvalue weighted by Crippen LogP contribution is 2.13. The second kappa shape index (κ2) is 9.64. The van der Waals surface area contributed by atoms with E-state index in [1.807, 2.05) is 20.8 Å². The van der Waals surface area contributed by atoms with E-state index in [-0.39, 0.29) is 18.0 Å². The summed E-state index contributed by atoms with van der Waals surface area (Å²) in [5, 5.41) is 0. The molecule has 0 aromatic rings. The molecule has 5 heteroatoms. The average molecular weight is 301 g/mol. The molecule has 5 nitrogen and oxygen atoms in total. The lowest BCUT2D eigenvalue weighted by atomic mass is 10.1. The van der Waals surface area contributed by atoms with Crippen LogP contribution in [0.2, 0.25) is 0 Å². The average Bonchev–Trinajstić information content (AvgIpc) is 2.38. The molecular weight excluding hydrogens is 270 g/mol. The van der Waals surface area contributed by atoms with Crippen LogP contribution in [0, 0.1) is 5.92 Å².